The Morgan fingerprint density at radius 3 is 2.78 bits per heavy atom. The summed E-state index contributed by atoms with van der Waals surface area (Å²) in [5.74, 6) is 1.60. The van der Waals surface area contributed by atoms with Gasteiger partial charge in [0.25, 0.3) is 0 Å². The van der Waals surface area contributed by atoms with Gasteiger partial charge in [0.15, 0.2) is 0 Å². The summed E-state index contributed by atoms with van der Waals surface area (Å²) in [7, 11) is 0. The molecule has 0 fully saturated rings. The van der Waals surface area contributed by atoms with Gasteiger partial charge in [0.05, 0.1) is 6.61 Å². The molecule has 0 spiro atoms. The molecule has 0 aliphatic carbocycles. The third kappa shape index (κ3) is 5.74. The largest absolute Gasteiger partial charge is 0.493 e. The SMILES string of the molecule is CCCCOc1ccc(Cl)cc1CNCC(C)C. The molecule has 0 amide bonds. The van der Waals surface area contributed by atoms with Crippen molar-refractivity contribution in [3.05, 3.63) is 28.8 Å². The smallest absolute Gasteiger partial charge is 0.123 e. The van der Waals surface area contributed by atoms with Crippen LogP contribution in [-0.2, 0) is 6.54 Å². The van der Waals surface area contributed by atoms with Crippen LogP contribution in [0.3, 0.4) is 0 Å². The predicted molar refractivity (Wildman–Crippen MR) is 78.4 cm³/mol. The van der Waals surface area contributed by atoms with E-state index in [2.05, 4.69) is 26.1 Å². The van der Waals surface area contributed by atoms with Gasteiger partial charge in [0.2, 0.25) is 0 Å². The summed E-state index contributed by atoms with van der Waals surface area (Å²) in [5.41, 5.74) is 1.14. The predicted octanol–water partition coefficient (Wildman–Crippen LogP) is 4.26. The van der Waals surface area contributed by atoms with Crippen LogP contribution in [0.15, 0.2) is 18.2 Å². The fraction of sp³-hybridized carbons (Fsp3) is 0.600. The summed E-state index contributed by atoms with van der Waals surface area (Å²) in [5, 5.41) is 4.18. The first-order valence-electron chi connectivity index (χ1n) is 6.75. The zero-order valence-corrected chi connectivity index (χ0v) is 12.4. The average Bonchev–Trinajstić information content (AvgIpc) is 2.31. The van der Waals surface area contributed by atoms with Crippen molar-refractivity contribution in [1.29, 1.82) is 0 Å². The van der Waals surface area contributed by atoms with Crippen LogP contribution in [0.2, 0.25) is 5.02 Å². The fourth-order valence-electron chi connectivity index (χ4n) is 1.65. The summed E-state index contributed by atoms with van der Waals surface area (Å²) in [6.07, 6.45) is 2.23. The molecule has 1 aromatic rings. The van der Waals surface area contributed by atoms with E-state index in [-0.39, 0.29) is 0 Å². The second kappa shape index (κ2) is 8.39. The maximum atomic E-state index is 6.04. The van der Waals surface area contributed by atoms with Gasteiger partial charge in [0, 0.05) is 17.1 Å². The Bertz CT molecular complexity index is 352. The fourth-order valence-corrected chi connectivity index (χ4v) is 1.84. The molecule has 0 aliphatic rings. The summed E-state index contributed by atoms with van der Waals surface area (Å²) in [6, 6.07) is 5.83. The minimum Gasteiger partial charge on any atom is -0.493 e. The Hall–Kier alpha value is -0.730. The van der Waals surface area contributed by atoms with Crippen molar-refractivity contribution in [3.63, 3.8) is 0 Å². The van der Waals surface area contributed by atoms with Gasteiger partial charge < -0.3 is 10.1 Å². The highest BCUT2D eigenvalue weighted by Crippen LogP contribution is 2.23. The number of unbranched alkanes of at least 4 members (excludes halogenated alkanes) is 1. The number of halogens is 1. The van der Waals surface area contributed by atoms with Crippen molar-refractivity contribution in [2.75, 3.05) is 13.2 Å². The van der Waals surface area contributed by atoms with Crippen LogP contribution in [0.4, 0.5) is 0 Å². The van der Waals surface area contributed by atoms with Gasteiger partial charge in [-0.3, -0.25) is 0 Å². The molecule has 102 valence electrons. The first kappa shape index (κ1) is 15.3. The molecule has 2 nitrogen and oxygen atoms in total. The molecule has 1 N–H and O–H groups in total. The quantitative estimate of drug-likeness (QED) is 0.712. The molecular formula is C15H24ClNO. The van der Waals surface area contributed by atoms with Crippen LogP contribution in [0, 0.1) is 5.92 Å². The Morgan fingerprint density at radius 2 is 2.11 bits per heavy atom. The second-order valence-corrected chi connectivity index (χ2v) is 5.42. The molecule has 0 radical (unpaired) electrons. The summed E-state index contributed by atoms with van der Waals surface area (Å²) in [6.45, 7) is 9.14. The lowest BCUT2D eigenvalue weighted by atomic mass is 10.1. The van der Waals surface area contributed by atoms with Crippen molar-refractivity contribution in [2.24, 2.45) is 5.92 Å². The molecule has 0 atom stereocenters. The third-order valence-electron chi connectivity index (χ3n) is 2.65. The van der Waals surface area contributed by atoms with Crippen LogP contribution >= 0.6 is 11.6 Å². The number of benzene rings is 1. The topological polar surface area (TPSA) is 21.3 Å². The van der Waals surface area contributed by atoms with Crippen LogP contribution in [0.25, 0.3) is 0 Å². The highest BCUT2D eigenvalue weighted by Gasteiger charge is 2.05. The van der Waals surface area contributed by atoms with E-state index in [4.69, 9.17) is 16.3 Å². The van der Waals surface area contributed by atoms with E-state index in [9.17, 15) is 0 Å². The van der Waals surface area contributed by atoms with E-state index in [1.54, 1.807) is 0 Å². The molecule has 1 aromatic carbocycles. The van der Waals surface area contributed by atoms with Crippen molar-refractivity contribution < 1.29 is 4.74 Å². The van der Waals surface area contributed by atoms with Crippen LogP contribution in [0.5, 0.6) is 5.75 Å². The van der Waals surface area contributed by atoms with Gasteiger partial charge in [-0.2, -0.15) is 0 Å². The van der Waals surface area contributed by atoms with Gasteiger partial charge in [-0.05, 0) is 37.1 Å². The first-order valence-corrected chi connectivity index (χ1v) is 7.13. The Balaban J connectivity index is 2.58. The van der Waals surface area contributed by atoms with Gasteiger partial charge in [-0.25, -0.2) is 0 Å². The van der Waals surface area contributed by atoms with E-state index < -0.39 is 0 Å². The Kier molecular flexibility index (Phi) is 7.14. The van der Waals surface area contributed by atoms with Crippen LogP contribution in [-0.4, -0.2) is 13.2 Å². The average molecular weight is 270 g/mol. The number of hydrogen-bond acceptors (Lipinski definition) is 2. The van der Waals surface area contributed by atoms with Gasteiger partial charge in [-0.1, -0.05) is 38.8 Å². The van der Waals surface area contributed by atoms with E-state index in [1.165, 1.54) is 0 Å². The first-order chi connectivity index (χ1) is 8.63. The van der Waals surface area contributed by atoms with Crippen molar-refractivity contribution in [1.82, 2.24) is 5.32 Å². The molecule has 18 heavy (non-hydrogen) atoms. The Labute approximate surface area is 116 Å². The van der Waals surface area contributed by atoms with Crippen LogP contribution < -0.4 is 10.1 Å². The van der Waals surface area contributed by atoms with Crippen molar-refractivity contribution >= 4 is 11.6 Å². The summed E-state index contributed by atoms with van der Waals surface area (Å²) >= 11 is 6.04. The molecule has 0 saturated heterocycles. The van der Waals surface area contributed by atoms with Crippen molar-refractivity contribution in [2.45, 2.75) is 40.2 Å². The molecule has 0 saturated carbocycles. The second-order valence-electron chi connectivity index (χ2n) is 4.98. The minimum absolute atomic E-state index is 0.647. The maximum absolute atomic E-state index is 6.04. The van der Waals surface area contributed by atoms with E-state index >= 15 is 0 Å². The zero-order chi connectivity index (χ0) is 13.4. The summed E-state index contributed by atoms with van der Waals surface area (Å²) in [4.78, 5) is 0. The molecule has 1 rings (SSSR count). The third-order valence-corrected chi connectivity index (χ3v) is 2.88. The number of ether oxygens (including phenoxy) is 1. The standard InChI is InChI=1S/C15H24ClNO/c1-4-5-8-18-15-7-6-14(16)9-13(15)11-17-10-12(2)3/h6-7,9,12,17H,4-5,8,10-11H2,1-3H3. The lowest BCUT2D eigenvalue weighted by molar-refractivity contribution is 0.305. The van der Waals surface area contributed by atoms with E-state index in [0.29, 0.717) is 5.92 Å². The van der Waals surface area contributed by atoms with Gasteiger partial charge in [0.1, 0.15) is 5.75 Å². The van der Waals surface area contributed by atoms with Crippen LogP contribution in [0.1, 0.15) is 39.2 Å². The van der Waals surface area contributed by atoms with Gasteiger partial charge in [-0.15, -0.1) is 0 Å². The highest BCUT2D eigenvalue weighted by atomic mass is 35.5. The minimum atomic E-state index is 0.647. The number of hydrogen-bond donors (Lipinski definition) is 1. The summed E-state index contributed by atoms with van der Waals surface area (Å²) < 4.78 is 5.79. The lowest BCUT2D eigenvalue weighted by Gasteiger charge is -2.13. The van der Waals surface area contributed by atoms with E-state index in [0.717, 1.165) is 48.9 Å². The number of nitrogens with one attached hydrogen (secondary N) is 1. The van der Waals surface area contributed by atoms with Crippen molar-refractivity contribution in [3.8, 4) is 5.75 Å². The molecule has 0 unspecified atom stereocenters. The zero-order valence-electron chi connectivity index (χ0n) is 11.6. The lowest BCUT2D eigenvalue weighted by Crippen LogP contribution is -2.19. The normalized spacial score (nSPS) is 10.9. The molecule has 0 bridgehead atoms. The van der Waals surface area contributed by atoms with E-state index in [1.807, 2.05) is 18.2 Å². The molecule has 0 heterocycles. The number of rotatable bonds is 8. The monoisotopic (exact) mass is 269 g/mol. The van der Waals surface area contributed by atoms with Gasteiger partial charge >= 0.3 is 0 Å². The maximum Gasteiger partial charge on any atom is 0.123 e. The molecule has 0 aliphatic heterocycles. The Morgan fingerprint density at radius 1 is 1.33 bits per heavy atom. The highest BCUT2D eigenvalue weighted by molar-refractivity contribution is 6.30. The molecule has 0 aromatic heterocycles. The molecule has 3 heteroatoms. The molecular weight excluding hydrogens is 246 g/mol.